The molecule has 1 saturated carbocycles. The highest BCUT2D eigenvalue weighted by Gasteiger charge is 2.23. The molecule has 7 heteroatoms. The zero-order valence-corrected chi connectivity index (χ0v) is 15.2. The van der Waals surface area contributed by atoms with Crippen molar-refractivity contribution in [2.24, 2.45) is 0 Å². The molecule has 1 aliphatic carbocycles. The van der Waals surface area contributed by atoms with E-state index in [1.807, 2.05) is 24.3 Å². The largest absolute Gasteiger partial charge is 0.412 e. The first kappa shape index (κ1) is 18.7. The number of anilines is 2. The standard InChI is InChI=1S/C20H25N5O2/c1-2-13-21-18-12-14-22-19(25-18)23-15-8-10-16(11-9-15)24-20(26)27-17-6-4-3-5-7-17/h2-7,12,14-16H,1,8-11,13H2,(H,24,26)(H2,21,22,23,25). The van der Waals surface area contributed by atoms with Gasteiger partial charge in [0, 0.05) is 24.8 Å². The first-order chi connectivity index (χ1) is 13.2. The molecule has 1 fully saturated rings. The van der Waals surface area contributed by atoms with Gasteiger partial charge in [0.2, 0.25) is 5.95 Å². The number of para-hydroxylation sites is 1. The summed E-state index contributed by atoms with van der Waals surface area (Å²) in [7, 11) is 0. The Labute approximate surface area is 159 Å². The minimum Gasteiger partial charge on any atom is -0.410 e. The lowest BCUT2D eigenvalue weighted by molar-refractivity contribution is 0.191. The number of ether oxygens (including phenoxy) is 1. The average Bonchev–Trinajstić information content (AvgIpc) is 2.69. The van der Waals surface area contributed by atoms with Gasteiger partial charge < -0.3 is 20.7 Å². The smallest absolute Gasteiger partial charge is 0.410 e. The number of benzene rings is 1. The van der Waals surface area contributed by atoms with Crippen molar-refractivity contribution in [2.75, 3.05) is 17.2 Å². The van der Waals surface area contributed by atoms with Crippen molar-refractivity contribution in [2.45, 2.75) is 37.8 Å². The van der Waals surface area contributed by atoms with Gasteiger partial charge in [-0.2, -0.15) is 4.98 Å². The summed E-state index contributed by atoms with van der Waals surface area (Å²) in [5, 5.41) is 9.47. The zero-order valence-electron chi connectivity index (χ0n) is 15.2. The molecule has 3 rings (SSSR count). The van der Waals surface area contributed by atoms with Crippen molar-refractivity contribution in [3.63, 3.8) is 0 Å². The van der Waals surface area contributed by atoms with E-state index < -0.39 is 6.09 Å². The summed E-state index contributed by atoms with van der Waals surface area (Å²) in [6.45, 7) is 4.34. The normalized spacial score (nSPS) is 19.0. The molecule has 142 valence electrons. The van der Waals surface area contributed by atoms with Crippen LogP contribution in [0.2, 0.25) is 0 Å². The SMILES string of the molecule is C=CCNc1ccnc(NC2CCC(NC(=O)Oc3ccccc3)CC2)n1. The molecule has 1 aromatic heterocycles. The van der Waals surface area contributed by atoms with Gasteiger partial charge in [-0.05, 0) is 43.9 Å². The highest BCUT2D eigenvalue weighted by molar-refractivity contribution is 5.70. The van der Waals surface area contributed by atoms with Gasteiger partial charge in [0.25, 0.3) is 0 Å². The predicted molar refractivity (Wildman–Crippen MR) is 106 cm³/mol. The summed E-state index contributed by atoms with van der Waals surface area (Å²) in [6, 6.07) is 11.3. The third-order valence-corrected chi connectivity index (χ3v) is 4.42. The Morgan fingerprint density at radius 3 is 2.63 bits per heavy atom. The summed E-state index contributed by atoms with van der Waals surface area (Å²) in [6.07, 6.45) is 6.75. The molecule has 1 aliphatic rings. The van der Waals surface area contributed by atoms with Crippen molar-refractivity contribution in [3.8, 4) is 5.75 Å². The van der Waals surface area contributed by atoms with Crippen molar-refractivity contribution < 1.29 is 9.53 Å². The summed E-state index contributed by atoms with van der Waals surface area (Å²) >= 11 is 0. The van der Waals surface area contributed by atoms with Crippen LogP contribution >= 0.6 is 0 Å². The predicted octanol–water partition coefficient (Wildman–Crippen LogP) is 3.59. The zero-order chi connectivity index (χ0) is 18.9. The van der Waals surface area contributed by atoms with Crippen LogP contribution in [0.4, 0.5) is 16.6 Å². The highest BCUT2D eigenvalue weighted by atomic mass is 16.6. The molecular weight excluding hydrogens is 342 g/mol. The molecule has 0 spiro atoms. The third-order valence-electron chi connectivity index (χ3n) is 4.42. The maximum absolute atomic E-state index is 12.0. The Morgan fingerprint density at radius 1 is 1.15 bits per heavy atom. The fourth-order valence-electron chi connectivity index (χ4n) is 3.06. The molecule has 1 heterocycles. The first-order valence-corrected chi connectivity index (χ1v) is 9.20. The van der Waals surface area contributed by atoms with Crippen LogP contribution in [0.15, 0.2) is 55.3 Å². The summed E-state index contributed by atoms with van der Waals surface area (Å²) < 4.78 is 5.29. The molecule has 0 radical (unpaired) electrons. The van der Waals surface area contributed by atoms with E-state index in [0.717, 1.165) is 31.5 Å². The lowest BCUT2D eigenvalue weighted by Crippen LogP contribution is -2.41. The Morgan fingerprint density at radius 2 is 1.89 bits per heavy atom. The van der Waals surface area contributed by atoms with Crippen LogP contribution in [0, 0.1) is 0 Å². The minimum atomic E-state index is -0.401. The molecule has 0 unspecified atom stereocenters. The van der Waals surface area contributed by atoms with Crippen molar-refractivity contribution in [1.82, 2.24) is 15.3 Å². The lowest BCUT2D eigenvalue weighted by atomic mass is 9.91. The van der Waals surface area contributed by atoms with Gasteiger partial charge in [-0.25, -0.2) is 9.78 Å². The number of hydrogen-bond donors (Lipinski definition) is 3. The minimum absolute atomic E-state index is 0.126. The van der Waals surface area contributed by atoms with E-state index in [9.17, 15) is 4.79 Å². The van der Waals surface area contributed by atoms with Crippen LogP contribution in [-0.4, -0.2) is 34.7 Å². The van der Waals surface area contributed by atoms with Crippen LogP contribution in [0.1, 0.15) is 25.7 Å². The average molecular weight is 367 g/mol. The summed E-state index contributed by atoms with van der Waals surface area (Å²) in [5.41, 5.74) is 0. The summed E-state index contributed by atoms with van der Waals surface area (Å²) in [4.78, 5) is 20.7. The Hall–Kier alpha value is -3.09. The molecule has 1 amide bonds. The summed E-state index contributed by atoms with van der Waals surface area (Å²) in [5.74, 6) is 1.93. The van der Waals surface area contributed by atoms with Crippen LogP contribution in [0.25, 0.3) is 0 Å². The molecule has 0 atom stereocenters. The van der Waals surface area contributed by atoms with E-state index in [2.05, 4.69) is 32.5 Å². The van der Waals surface area contributed by atoms with Crippen LogP contribution in [-0.2, 0) is 0 Å². The van der Waals surface area contributed by atoms with E-state index in [1.54, 1.807) is 24.4 Å². The van der Waals surface area contributed by atoms with Gasteiger partial charge >= 0.3 is 6.09 Å². The van der Waals surface area contributed by atoms with Crippen LogP contribution in [0.3, 0.4) is 0 Å². The quantitative estimate of drug-likeness (QED) is 0.648. The fraction of sp³-hybridized carbons (Fsp3) is 0.350. The number of amides is 1. The molecule has 0 aliphatic heterocycles. The fourth-order valence-corrected chi connectivity index (χ4v) is 3.06. The second-order valence-corrected chi connectivity index (χ2v) is 6.47. The molecule has 2 aromatic rings. The van der Waals surface area contributed by atoms with Gasteiger partial charge in [-0.3, -0.25) is 0 Å². The van der Waals surface area contributed by atoms with Crippen LogP contribution in [0.5, 0.6) is 5.75 Å². The number of nitrogens with zero attached hydrogens (tertiary/aromatic N) is 2. The highest BCUT2D eigenvalue weighted by Crippen LogP contribution is 2.22. The van der Waals surface area contributed by atoms with E-state index in [0.29, 0.717) is 24.3 Å². The third kappa shape index (κ3) is 5.99. The van der Waals surface area contributed by atoms with E-state index in [1.165, 1.54) is 0 Å². The van der Waals surface area contributed by atoms with Gasteiger partial charge in [-0.15, -0.1) is 6.58 Å². The second-order valence-electron chi connectivity index (χ2n) is 6.47. The number of carbonyl (C=O) groups excluding carboxylic acids is 1. The van der Waals surface area contributed by atoms with Gasteiger partial charge in [0.15, 0.2) is 0 Å². The lowest BCUT2D eigenvalue weighted by Gasteiger charge is -2.29. The van der Waals surface area contributed by atoms with Crippen LogP contribution < -0.4 is 20.7 Å². The molecule has 27 heavy (non-hydrogen) atoms. The molecular formula is C20H25N5O2. The molecule has 0 bridgehead atoms. The monoisotopic (exact) mass is 367 g/mol. The van der Waals surface area contributed by atoms with Gasteiger partial charge in [0.05, 0.1) is 0 Å². The Balaban J connectivity index is 1.42. The number of carbonyl (C=O) groups is 1. The molecule has 7 nitrogen and oxygen atoms in total. The van der Waals surface area contributed by atoms with E-state index in [4.69, 9.17) is 4.74 Å². The number of rotatable bonds is 7. The molecule has 3 N–H and O–H groups in total. The van der Waals surface area contributed by atoms with Crippen molar-refractivity contribution in [3.05, 3.63) is 55.3 Å². The van der Waals surface area contributed by atoms with E-state index in [-0.39, 0.29) is 6.04 Å². The Kier molecular flexibility index (Phi) is 6.62. The van der Waals surface area contributed by atoms with Crippen molar-refractivity contribution >= 4 is 17.9 Å². The topological polar surface area (TPSA) is 88.2 Å². The second kappa shape index (κ2) is 9.56. The maximum Gasteiger partial charge on any atom is 0.412 e. The number of hydrogen-bond acceptors (Lipinski definition) is 6. The molecule has 0 saturated heterocycles. The molecule has 1 aromatic carbocycles. The van der Waals surface area contributed by atoms with Gasteiger partial charge in [-0.1, -0.05) is 24.3 Å². The Bertz CT molecular complexity index is 745. The maximum atomic E-state index is 12.0. The number of nitrogens with one attached hydrogen (secondary N) is 3. The number of aromatic nitrogens is 2. The van der Waals surface area contributed by atoms with Gasteiger partial charge in [0.1, 0.15) is 11.6 Å². The first-order valence-electron chi connectivity index (χ1n) is 9.20. The van der Waals surface area contributed by atoms with Crippen molar-refractivity contribution in [1.29, 1.82) is 0 Å². The van der Waals surface area contributed by atoms with E-state index >= 15 is 0 Å².